The summed E-state index contributed by atoms with van der Waals surface area (Å²) < 4.78 is 26.1. The number of rotatable bonds is 8. The molecule has 1 aromatic heterocycles. The Labute approximate surface area is 230 Å². The van der Waals surface area contributed by atoms with Gasteiger partial charge in [-0.1, -0.05) is 60.2 Å². The summed E-state index contributed by atoms with van der Waals surface area (Å²) in [4.78, 5) is 0. The number of hydrogen-bond donors (Lipinski definition) is 0. The molecule has 1 saturated carbocycles. The van der Waals surface area contributed by atoms with E-state index in [1.54, 1.807) is 7.11 Å². The normalized spacial score (nSPS) is 17.9. The van der Waals surface area contributed by atoms with Gasteiger partial charge in [-0.2, -0.15) is 5.10 Å². The number of methoxy groups -OCH3 is 1. The first-order chi connectivity index (χ1) is 19.1. The van der Waals surface area contributed by atoms with Crippen molar-refractivity contribution in [1.82, 2.24) is 9.78 Å². The van der Waals surface area contributed by atoms with E-state index in [1.807, 2.05) is 18.2 Å². The van der Waals surface area contributed by atoms with Gasteiger partial charge >= 0.3 is 0 Å². The van der Waals surface area contributed by atoms with E-state index in [9.17, 15) is 0 Å². The minimum atomic E-state index is -0.457. The van der Waals surface area contributed by atoms with Gasteiger partial charge in [-0.25, -0.2) is 4.68 Å². The zero-order valence-electron chi connectivity index (χ0n) is 22.8. The molecule has 1 spiro atoms. The third-order valence-electron chi connectivity index (χ3n) is 8.19. The second-order valence-electron chi connectivity index (χ2n) is 10.8. The van der Waals surface area contributed by atoms with Crippen LogP contribution in [0.5, 0.6) is 5.75 Å². The van der Waals surface area contributed by atoms with Crippen LogP contribution in [-0.2, 0) is 26.2 Å². The molecule has 0 atom stereocenters. The minimum absolute atomic E-state index is 0.244. The van der Waals surface area contributed by atoms with Crippen LogP contribution in [0.3, 0.4) is 0 Å². The zero-order valence-corrected chi connectivity index (χ0v) is 22.8. The highest BCUT2D eigenvalue weighted by Gasteiger charge is 2.48. The molecule has 6 rings (SSSR count). The largest absolute Gasteiger partial charge is 0.497 e. The summed E-state index contributed by atoms with van der Waals surface area (Å²) >= 11 is 0. The molecule has 1 saturated heterocycles. The van der Waals surface area contributed by atoms with Gasteiger partial charge in [0.2, 0.25) is 0 Å². The van der Waals surface area contributed by atoms with Crippen molar-refractivity contribution in [1.29, 1.82) is 0 Å². The fourth-order valence-electron chi connectivity index (χ4n) is 5.80. The van der Waals surface area contributed by atoms with Crippen LogP contribution in [0.25, 0.3) is 16.9 Å². The van der Waals surface area contributed by atoms with Crippen LogP contribution in [0, 0.1) is 6.92 Å². The fourth-order valence-corrected chi connectivity index (χ4v) is 5.80. The molecule has 4 aromatic rings. The van der Waals surface area contributed by atoms with Crippen molar-refractivity contribution < 1.29 is 18.9 Å². The Hall–Kier alpha value is -3.45. The molecule has 1 aliphatic carbocycles. The van der Waals surface area contributed by atoms with E-state index in [0.29, 0.717) is 26.4 Å². The van der Waals surface area contributed by atoms with Gasteiger partial charge in [0.05, 0.1) is 50.6 Å². The quantitative estimate of drug-likeness (QED) is 0.259. The number of aryl methyl sites for hydroxylation is 1. The molecule has 3 aromatic carbocycles. The first-order valence-electron chi connectivity index (χ1n) is 13.8. The molecule has 39 heavy (non-hydrogen) atoms. The number of aromatic nitrogens is 2. The van der Waals surface area contributed by atoms with Gasteiger partial charge in [0.1, 0.15) is 5.75 Å². The van der Waals surface area contributed by atoms with Gasteiger partial charge < -0.3 is 18.9 Å². The standard InChI is InChI=1S/C33H36N2O4/c1-25-8-10-27(11-9-25)30-22-31(34-35(30)28-12-14-29(36-2)15-13-28)32(24-37-23-26-6-4-3-5-7-26)16-18-33(19-17-32)38-20-21-39-33/h3-15,22H,16-21,23-24H2,1-2H3. The highest BCUT2D eigenvalue weighted by Crippen LogP contribution is 2.47. The van der Waals surface area contributed by atoms with Gasteiger partial charge in [-0.15, -0.1) is 0 Å². The lowest BCUT2D eigenvalue weighted by molar-refractivity contribution is -0.188. The van der Waals surface area contributed by atoms with E-state index in [1.165, 1.54) is 11.1 Å². The Morgan fingerprint density at radius 3 is 2.21 bits per heavy atom. The molecule has 2 aliphatic rings. The maximum Gasteiger partial charge on any atom is 0.168 e. The highest BCUT2D eigenvalue weighted by atomic mass is 16.7. The minimum Gasteiger partial charge on any atom is -0.497 e. The number of ether oxygens (including phenoxy) is 4. The fraction of sp³-hybridized carbons (Fsp3) is 0.364. The van der Waals surface area contributed by atoms with Crippen molar-refractivity contribution in [3.05, 3.63) is 102 Å². The van der Waals surface area contributed by atoms with E-state index >= 15 is 0 Å². The van der Waals surface area contributed by atoms with Crippen molar-refractivity contribution in [2.24, 2.45) is 0 Å². The molecule has 0 bridgehead atoms. The van der Waals surface area contributed by atoms with E-state index in [-0.39, 0.29) is 5.41 Å². The Morgan fingerprint density at radius 1 is 0.846 bits per heavy atom. The van der Waals surface area contributed by atoms with E-state index < -0.39 is 5.79 Å². The lowest BCUT2D eigenvalue weighted by atomic mass is 9.70. The van der Waals surface area contributed by atoms with Gasteiger partial charge in [-0.05, 0) is 55.7 Å². The van der Waals surface area contributed by atoms with E-state index in [0.717, 1.165) is 54.1 Å². The van der Waals surface area contributed by atoms with Crippen molar-refractivity contribution in [2.75, 3.05) is 26.9 Å². The summed E-state index contributed by atoms with van der Waals surface area (Å²) in [6.45, 7) is 4.61. The van der Waals surface area contributed by atoms with Gasteiger partial charge in [0, 0.05) is 23.8 Å². The van der Waals surface area contributed by atoms with Gasteiger partial charge in [-0.3, -0.25) is 0 Å². The SMILES string of the molecule is COc1ccc(-n2nc(C3(COCc4ccccc4)CCC4(CC3)OCCO4)cc2-c2ccc(C)cc2)cc1. The number of benzene rings is 3. The molecule has 1 aliphatic heterocycles. The molecule has 0 amide bonds. The molecule has 2 fully saturated rings. The van der Waals surface area contributed by atoms with Crippen LogP contribution < -0.4 is 4.74 Å². The number of hydrogen-bond acceptors (Lipinski definition) is 5. The van der Waals surface area contributed by atoms with Crippen LogP contribution in [-0.4, -0.2) is 42.5 Å². The first kappa shape index (κ1) is 25.8. The second-order valence-corrected chi connectivity index (χ2v) is 10.8. The molecule has 6 nitrogen and oxygen atoms in total. The van der Waals surface area contributed by atoms with Crippen molar-refractivity contribution in [3.63, 3.8) is 0 Å². The second kappa shape index (κ2) is 11.0. The van der Waals surface area contributed by atoms with Crippen LogP contribution in [0.4, 0.5) is 0 Å². The van der Waals surface area contributed by atoms with Crippen molar-refractivity contribution in [2.45, 2.75) is 50.4 Å². The molecule has 202 valence electrons. The van der Waals surface area contributed by atoms with Crippen LogP contribution in [0.2, 0.25) is 0 Å². The third kappa shape index (κ3) is 5.37. The Bertz CT molecular complexity index is 1360. The molecular weight excluding hydrogens is 488 g/mol. The lowest BCUT2D eigenvalue weighted by Crippen LogP contribution is -2.44. The summed E-state index contributed by atoms with van der Waals surface area (Å²) in [5, 5.41) is 5.29. The van der Waals surface area contributed by atoms with Gasteiger partial charge in [0.15, 0.2) is 5.79 Å². The Balaban J connectivity index is 1.37. The maximum absolute atomic E-state index is 6.43. The molecule has 2 heterocycles. The van der Waals surface area contributed by atoms with Crippen LogP contribution in [0.1, 0.15) is 42.5 Å². The van der Waals surface area contributed by atoms with Crippen molar-refractivity contribution >= 4 is 0 Å². The van der Waals surface area contributed by atoms with Gasteiger partial charge in [0.25, 0.3) is 0 Å². The summed E-state index contributed by atoms with van der Waals surface area (Å²) in [6, 6.07) is 29.3. The van der Waals surface area contributed by atoms with Crippen molar-refractivity contribution in [3.8, 4) is 22.7 Å². The molecule has 0 N–H and O–H groups in total. The average Bonchev–Trinajstić information content (AvgIpc) is 3.64. The topological polar surface area (TPSA) is 54.7 Å². The number of nitrogens with zero attached hydrogens (tertiary/aromatic N) is 2. The monoisotopic (exact) mass is 524 g/mol. The molecule has 0 radical (unpaired) electrons. The molecular formula is C33H36N2O4. The smallest absolute Gasteiger partial charge is 0.168 e. The maximum atomic E-state index is 6.43. The summed E-state index contributed by atoms with van der Waals surface area (Å²) in [6.07, 6.45) is 3.43. The summed E-state index contributed by atoms with van der Waals surface area (Å²) in [7, 11) is 1.69. The Morgan fingerprint density at radius 2 is 1.54 bits per heavy atom. The zero-order chi connectivity index (χ0) is 26.7. The van der Waals surface area contributed by atoms with E-state index in [2.05, 4.69) is 78.3 Å². The predicted molar refractivity (Wildman–Crippen MR) is 151 cm³/mol. The molecule has 6 heteroatoms. The highest BCUT2D eigenvalue weighted by molar-refractivity contribution is 5.64. The van der Waals surface area contributed by atoms with Crippen LogP contribution in [0.15, 0.2) is 84.9 Å². The molecule has 0 unspecified atom stereocenters. The Kier molecular flexibility index (Phi) is 7.26. The van der Waals surface area contributed by atoms with Crippen LogP contribution >= 0.6 is 0 Å². The first-order valence-corrected chi connectivity index (χ1v) is 13.8. The predicted octanol–water partition coefficient (Wildman–Crippen LogP) is 6.63. The third-order valence-corrected chi connectivity index (χ3v) is 8.19. The lowest BCUT2D eigenvalue weighted by Gasteiger charge is -2.42. The average molecular weight is 525 g/mol. The van der Waals surface area contributed by atoms with E-state index in [4.69, 9.17) is 24.0 Å². The summed E-state index contributed by atoms with van der Waals surface area (Å²) in [5.41, 5.74) is 6.40. The summed E-state index contributed by atoms with van der Waals surface area (Å²) in [5.74, 6) is 0.365.